The second kappa shape index (κ2) is 13.9. The van der Waals surface area contributed by atoms with Crippen LogP contribution in [0.4, 0.5) is 0 Å². The lowest BCUT2D eigenvalue weighted by atomic mass is 9.70. The molecule has 3 heterocycles. The van der Waals surface area contributed by atoms with Crippen LogP contribution < -0.4 is 20.7 Å². The first-order chi connectivity index (χ1) is 25.6. The number of aromatic nitrogens is 2. The maximum Gasteiger partial charge on any atom is 0.330 e. The molecule has 1 N–H and O–H groups in total. The Morgan fingerprint density at radius 2 is 1.45 bits per heavy atom. The van der Waals surface area contributed by atoms with Crippen molar-refractivity contribution in [3.05, 3.63) is 129 Å². The number of aromatic amines is 1. The summed E-state index contributed by atoms with van der Waals surface area (Å²) in [5.41, 5.74) is 1.11. The SMILES string of the molecule is COc1ccc(C(OC[C@@H]2C[C@@H](CO[C@H]3C[C@@H]4[C@H]5CC[C@@](C)([C@@H]4O3)C5(C)C)O[C@H]2n2ccc(=O)[nH]c2=O)(c2ccccc2)c2ccc(OC)cc2)cc1. The van der Waals surface area contributed by atoms with Gasteiger partial charge in [0, 0.05) is 24.6 Å². The van der Waals surface area contributed by atoms with E-state index in [4.69, 9.17) is 28.4 Å². The summed E-state index contributed by atoms with van der Waals surface area (Å²) in [7, 11) is 3.29. The second-order valence-corrected chi connectivity index (χ2v) is 16.0. The van der Waals surface area contributed by atoms with E-state index in [1.807, 2.05) is 66.7 Å². The Morgan fingerprint density at radius 1 is 0.811 bits per heavy atom. The van der Waals surface area contributed by atoms with Crippen molar-refractivity contribution in [2.75, 3.05) is 27.4 Å². The van der Waals surface area contributed by atoms with Gasteiger partial charge in [-0.25, -0.2) is 4.79 Å². The summed E-state index contributed by atoms with van der Waals surface area (Å²) in [6.07, 6.45) is 4.30. The zero-order chi connectivity index (χ0) is 37.0. The van der Waals surface area contributed by atoms with Gasteiger partial charge < -0.3 is 28.4 Å². The van der Waals surface area contributed by atoms with Gasteiger partial charge in [0.2, 0.25) is 0 Å². The number of nitrogens with zero attached hydrogens (tertiary/aromatic N) is 1. The third-order valence-electron chi connectivity index (χ3n) is 13.3. The molecule has 10 nitrogen and oxygen atoms in total. The van der Waals surface area contributed by atoms with Gasteiger partial charge in [-0.3, -0.25) is 14.3 Å². The van der Waals surface area contributed by atoms with Crippen molar-refractivity contribution in [3.8, 4) is 11.5 Å². The van der Waals surface area contributed by atoms with Crippen molar-refractivity contribution in [2.24, 2.45) is 28.6 Å². The number of ether oxygens (including phenoxy) is 6. The molecule has 8 rings (SSSR count). The topological polar surface area (TPSA) is 110 Å². The molecule has 0 spiro atoms. The van der Waals surface area contributed by atoms with Crippen LogP contribution >= 0.6 is 0 Å². The van der Waals surface area contributed by atoms with Crippen LogP contribution in [-0.2, 0) is 24.5 Å². The van der Waals surface area contributed by atoms with Gasteiger partial charge in [0.15, 0.2) is 6.29 Å². The number of hydrogen-bond donors (Lipinski definition) is 1. The Balaban J connectivity index is 1.09. The van der Waals surface area contributed by atoms with Gasteiger partial charge in [0.1, 0.15) is 23.3 Å². The summed E-state index contributed by atoms with van der Waals surface area (Å²) < 4.78 is 39.5. The summed E-state index contributed by atoms with van der Waals surface area (Å²) in [5.74, 6) is 2.35. The molecule has 53 heavy (non-hydrogen) atoms. The Hall–Kier alpha value is -4.22. The van der Waals surface area contributed by atoms with Crippen molar-refractivity contribution < 1.29 is 28.4 Å². The van der Waals surface area contributed by atoms with Gasteiger partial charge in [0.25, 0.3) is 5.56 Å². The number of methoxy groups -OCH3 is 2. The Kier molecular flexibility index (Phi) is 9.38. The summed E-state index contributed by atoms with van der Waals surface area (Å²) >= 11 is 0. The molecule has 2 aliphatic carbocycles. The third-order valence-corrected chi connectivity index (χ3v) is 13.3. The smallest absolute Gasteiger partial charge is 0.330 e. The predicted molar refractivity (Wildman–Crippen MR) is 199 cm³/mol. The lowest BCUT2D eigenvalue weighted by Gasteiger charge is -2.38. The van der Waals surface area contributed by atoms with Gasteiger partial charge >= 0.3 is 5.69 Å². The van der Waals surface area contributed by atoms with Crippen molar-refractivity contribution in [3.63, 3.8) is 0 Å². The van der Waals surface area contributed by atoms with Crippen LogP contribution in [0.25, 0.3) is 0 Å². The van der Waals surface area contributed by atoms with Gasteiger partial charge in [-0.05, 0) is 82.9 Å². The summed E-state index contributed by atoms with van der Waals surface area (Å²) in [5, 5.41) is 0. The van der Waals surface area contributed by atoms with Crippen LogP contribution in [0.15, 0.2) is 101 Å². The van der Waals surface area contributed by atoms with Crippen molar-refractivity contribution >= 4 is 0 Å². The normalized spacial score (nSPS) is 30.0. The molecule has 1 aromatic heterocycles. The van der Waals surface area contributed by atoms with E-state index >= 15 is 0 Å². The van der Waals surface area contributed by atoms with E-state index < -0.39 is 23.1 Å². The highest BCUT2D eigenvalue weighted by Gasteiger charge is 2.69. The monoisotopic (exact) mass is 722 g/mol. The molecule has 4 fully saturated rings. The van der Waals surface area contributed by atoms with Gasteiger partial charge in [-0.15, -0.1) is 0 Å². The molecule has 8 atom stereocenters. The highest BCUT2D eigenvalue weighted by Crippen LogP contribution is 2.71. The molecule has 4 aromatic rings. The minimum atomic E-state index is -1.05. The molecule has 2 aliphatic heterocycles. The molecule has 2 saturated carbocycles. The van der Waals surface area contributed by atoms with Crippen LogP contribution in [0, 0.1) is 28.6 Å². The summed E-state index contributed by atoms with van der Waals surface area (Å²) in [4.78, 5) is 27.7. The number of rotatable bonds is 12. The van der Waals surface area contributed by atoms with E-state index in [2.05, 4.69) is 37.9 Å². The fourth-order valence-electron chi connectivity index (χ4n) is 10.1. The first-order valence-electron chi connectivity index (χ1n) is 18.8. The van der Waals surface area contributed by atoms with E-state index in [9.17, 15) is 9.59 Å². The number of H-pyrrole nitrogens is 1. The average Bonchev–Trinajstić information content (AvgIpc) is 3.89. The molecule has 10 heteroatoms. The first-order valence-corrected chi connectivity index (χ1v) is 18.8. The molecule has 3 aromatic carbocycles. The van der Waals surface area contributed by atoms with E-state index in [1.165, 1.54) is 29.7 Å². The number of fused-ring (bicyclic) bond motifs is 5. The van der Waals surface area contributed by atoms with Gasteiger partial charge in [-0.2, -0.15) is 0 Å². The Labute approximate surface area is 310 Å². The quantitative estimate of drug-likeness (QED) is 0.162. The van der Waals surface area contributed by atoms with Crippen LogP contribution in [0.5, 0.6) is 11.5 Å². The second-order valence-electron chi connectivity index (χ2n) is 16.0. The molecule has 2 bridgehead atoms. The van der Waals surface area contributed by atoms with Crippen LogP contribution in [0.1, 0.15) is 69.4 Å². The zero-order valence-corrected chi connectivity index (χ0v) is 31.2. The van der Waals surface area contributed by atoms with Gasteiger partial charge in [-0.1, -0.05) is 75.4 Å². The number of benzene rings is 3. The fraction of sp³-hybridized carbons (Fsp3) is 0.488. The van der Waals surface area contributed by atoms with Crippen LogP contribution in [0.3, 0.4) is 0 Å². The lowest BCUT2D eigenvalue weighted by molar-refractivity contribution is -0.180. The minimum absolute atomic E-state index is 0.155. The molecule has 0 amide bonds. The summed E-state index contributed by atoms with van der Waals surface area (Å²) in [6, 6.07) is 27.3. The fourth-order valence-corrected chi connectivity index (χ4v) is 10.1. The standard InChI is InChI=1S/C43H50N2O8/c1-41(2)35-19-21-42(41,3)38-34(35)24-37(53-38)50-26-33-23-27(39(52-33)45-22-20-36(46)44-40(45)47)25-51-43(28-9-7-6-8-10-28,29-11-15-31(48-4)16-12-29)30-13-17-32(49-5)18-14-30/h6-18,20,22,27,33-35,37-39H,19,21,23-26H2,1-5H3,(H,44,46,47)/t27-,33-,34+,35+,37+,38+,39+,42-/m0/s1. The third kappa shape index (κ3) is 6.04. The molecule has 0 unspecified atom stereocenters. The van der Waals surface area contributed by atoms with Crippen molar-refractivity contribution in [1.82, 2.24) is 9.55 Å². The largest absolute Gasteiger partial charge is 0.497 e. The van der Waals surface area contributed by atoms with E-state index in [0.717, 1.165) is 34.6 Å². The molecule has 280 valence electrons. The average molecular weight is 723 g/mol. The maximum absolute atomic E-state index is 13.2. The Bertz CT molecular complexity index is 1960. The Morgan fingerprint density at radius 3 is 2.06 bits per heavy atom. The zero-order valence-electron chi connectivity index (χ0n) is 31.2. The molecular weight excluding hydrogens is 672 g/mol. The highest BCUT2D eigenvalue weighted by atomic mass is 16.7. The lowest BCUT2D eigenvalue weighted by Crippen LogP contribution is -2.38. The van der Waals surface area contributed by atoms with E-state index in [1.54, 1.807) is 14.2 Å². The molecular formula is C43H50N2O8. The number of nitrogens with one attached hydrogen (secondary N) is 1. The first kappa shape index (κ1) is 35.8. The van der Waals surface area contributed by atoms with Gasteiger partial charge in [0.05, 0.1) is 39.6 Å². The van der Waals surface area contributed by atoms with E-state index in [-0.39, 0.29) is 41.9 Å². The molecule has 4 aliphatic rings. The highest BCUT2D eigenvalue weighted by molar-refractivity contribution is 5.49. The molecule has 2 saturated heterocycles. The van der Waals surface area contributed by atoms with Crippen molar-refractivity contribution in [2.45, 2.75) is 76.8 Å². The number of hydrogen-bond acceptors (Lipinski definition) is 8. The van der Waals surface area contributed by atoms with Crippen LogP contribution in [0.2, 0.25) is 0 Å². The maximum atomic E-state index is 13.2. The summed E-state index contributed by atoms with van der Waals surface area (Å²) in [6.45, 7) is 7.75. The van der Waals surface area contributed by atoms with E-state index in [0.29, 0.717) is 24.9 Å². The van der Waals surface area contributed by atoms with Crippen molar-refractivity contribution in [1.29, 1.82) is 0 Å². The minimum Gasteiger partial charge on any atom is -0.497 e. The predicted octanol–water partition coefficient (Wildman–Crippen LogP) is 6.67. The van der Waals surface area contributed by atoms with Crippen LogP contribution in [-0.4, -0.2) is 55.5 Å². The molecule has 0 radical (unpaired) electrons.